The molecule has 38 heavy (non-hydrogen) atoms. The minimum Gasteiger partial charge on any atom is -0.387 e. The molecule has 11 heteroatoms. The molecule has 0 spiro atoms. The van der Waals surface area contributed by atoms with Crippen LogP contribution in [0.5, 0.6) is 0 Å². The molecule has 5 rings (SSSR count). The van der Waals surface area contributed by atoms with Crippen molar-refractivity contribution in [2.45, 2.75) is 45.0 Å². The Morgan fingerprint density at radius 3 is 2.68 bits per heavy atom. The summed E-state index contributed by atoms with van der Waals surface area (Å²) in [5.74, 6) is -1.25. The number of aromatic amines is 1. The van der Waals surface area contributed by atoms with Gasteiger partial charge in [0.05, 0.1) is 28.9 Å². The van der Waals surface area contributed by atoms with Crippen molar-refractivity contribution in [1.29, 1.82) is 0 Å². The topological polar surface area (TPSA) is 108 Å². The number of aliphatic hydroxyl groups is 1. The van der Waals surface area contributed by atoms with Crippen molar-refractivity contribution in [3.63, 3.8) is 0 Å². The summed E-state index contributed by atoms with van der Waals surface area (Å²) in [6.45, 7) is 4.75. The number of β-amino-alcohol motifs (C(OH)–C–C–N with tert-alkyl or cyclic N) is 1. The number of hydrogen-bond acceptors (Lipinski definition) is 5. The van der Waals surface area contributed by atoms with Gasteiger partial charge in [-0.2, -0.15) is 5.10 Å². The smallest absolute Gasteiger partial charge is 0.326 e. The van der Waals surface area contributed by atoms with Gasteiger partial charge < -0.3 is 20.3 Å². The Balaban J connectivity index is 1.25. The van der Waals surface area contributed by atoms with Gasteiger partial charge in [0, 0.05) is 61.6 Å². The maximum Gasteiger partial charge on any atom is 0.326 e. The zero-order valence-electron chi connectivity index (χ0n) is 21.0. The van der Waals surface area contributed by atoms with E-state index in [1.54, 1.807) is 27.6 Å². The van der Waals surface area contributed by atoms with Crippen molar-refractivity contribution >= 4 is 28.5 Å². The molecule has 9 nitrogen and oxygen atoms in total. The first kappa shape index (κ1) is 26.1. The highest BCUT2D eigenvalue weighted by atomic mass is 35.5. The number of carbonyl (C=O) groups is 1. The zero-order valence-corrected chi connectivity index (χ0v) is 21.8. The maximum atomic E-state index is 15.1. The van der Waals surface area contributed by atoms with Gasteiger partial charge in [0.25, 0.3) is 5.91 Å². The summed E-state index contributed by atoms with van der Waals surface area (Å²) in [5.41, 5.74) is 2.02. The first-order valence-electron chi connectivity index (χ1n) is 12.7. The third-order valence-corrected chi connectivity index (χ3v) is 7.37. The Morgan fingerprint density at radius 1 is 1.26 bits per heavy atom. The summed E-state index contributed by atoms with van der Waals surface area (Å²) in [7, 11) is 0. The third-order valence-electron chi connectivity index (χ3n) is 7.12. The number of rotatable bonds is 8. The van der Waals surface area contributed by atoms with Crippen LogP contribution in [0, 0.1) is 5.82 Å². The molecule has 0 aliphatic carbocycles. The van der Waals surface area contributed by atoms with E-state index >= 15 is 4.39 Å². The maximum absolute atomic E-state index is 15.1. The highest BCUT2D eigenvalue weighted by Gasteiger charge is 2.26. The van der Waals surface area contributed by atoms with Crippen molar-refractivity contribution in [1.82, 2.24) is 29.5 Å². The van der Waals surface area contributed by atoms with Crippen LogP contribution in [0.15, 0.2) is 53.6 Å². The summed E-state index contributed by atoms with van der Waals surface area (Å²) in [6.07, 6.45) is 4.19. The molecule has 3 heterocycles. The fourth-order valence-electron chi connectivity index (χ4n) is 5.03. The number of likely N-dealkylation sites (tertiary alicyclic amines) is 1. The number of nitrogens with zero attached hydrogens (tertiary/aromatic N) is 4. The fraction of sp³-hybridized carbons (Fsp3) is 0.370. The van der Waals surface area contributed by atoms with Crippen molar-refractivity contribution in [3.05, 3.63) is 86.8 Å². The average molecular weight is 541 g/mol. The van der Waals surface area contributed by atoms with Gasteiger partial charge in [-0.15, -0.1) is 0 Å². The molecule has 1 aliphatic heterocycles. The molecular weight excluding hydrogens is 511 g/mol. The Bertz CT molecular complexity index is 1490. The highest BCUT2D eigenvalue weighted by molar-refractivity contribution is 6.30. The predicted octanol–water partition coefficient (Wildman–Crippen LogP) is 3.64. The molecule has 1 atom stereocenters. The van der Waals surface area contributed by atoms with E-state index in [0.29, 0.717) is 55.1 Å². The first-order chi connectivity index (χ1) is 18.3. The molecule has 0 saturated carbocycles. The lowest BCUT2D eigenvalue weighted by atomic mass is 10.0. The van der Waals surface area contributed by atoms with Crippen molar-refractivity contribution in [2.24, 2.45) is 0 Å². The number of fused-ring (bicyclic) bond motifs is 1. The van der Waals surface area contributed by atoms with Crippen LogP contribution in [0.2, 0.25) is 5.02 Å². The monoisotopic (exact) mass is 540 g/mol. The second-order valence-corrected chi connectivity index (χ2v) is 10.1. The van der Waals surface area contributed by atoms with Crippen molar-refractivity contribution in [2.75, 3.05) is 19.6 Å². The Labute approximate surface area is 223 Å². The Kier molecular flexibility index (Phi) is 7.64. The number of amides is 1. The van der Waals surface area contributed by atoms with Crippen LogP contribution >= 0.6 is 11.6 Å². The molecule has 1 amide bonds. The molecule has 1 unspecified atom stereocenters. The van der Waals surface area contributed by atoms with Crippen LogP contribution in [-0.2, 0) is 13.1 Å². The quantitative estimate of drug-likeness (QED) is 0.316. The van der Waals surface area contributed by atoms with Crippen LogP contribution in [0.25, 0.3) is 11.0 Å². The summed E-state index contributed by atoms with van der Waals surface area (Å²) in [6, 6.07) is 9.67. The van der Waals surface area contributed by atoms with Gasteiger partial charge in [0.1, 0.15) is 5.82 Å². The van der Waals surface area contributed by atoms with E-state index < -0.39 is 17.8 Å². The number of nitrogens with one attached hydrogen (secondary N) is 2. The second kappa shape index (κ2) is 11.1. The van der Waals surface area contributed by atoms with Crippen molar-refractivity contribution < 1.29 is 14.3 Å². The fourth-order valence-corrected chi connectivity index (χ4v) is 5.15. The van der Waals surface area contributed by atoms with E-state index in [-0.39, 0.29) is 23.8 Å². The number of benzene rings is 2. The van der Waals surface area contributed by atoms with Gasteiger partial charge in [-0.3, -0.25) is 14.0 Å². The number of aliphatic hydroxyl groups excluding tert-OH is 1. The molecule has 0 bridgehead atoms. The SMILES string of the molecule is CCn1cc(CNC(=O)c2cc3[nH]c(=O)n(C4CCN(CC(O)c5ccc(Cl)cc5)CC4)c3cc2F)cn1. The lowest BCUT2D eigenvalue weighted by Gasteiger charge is -2.33. The van der Waals surface area contributed by atoms with Crippen molar-refractivity contribution in [3.8, 4) is 0 Å². The summed E-state index contributed by atoms with van der Waals surface area (Å²) < 4.78 is 18.4. The van der Waals surface area contributed by atoms with Crippen LogP contribution < -0.4 is 11.0 Å². The number of H-pyrrole nitrogens is 1. The molecule has 4 aromatic rings. The number of aromatic nitrogens is 4. The first-order valence-corrected chi connectivity index (χ1v) is 13.1. The minimum absolute atomic E-state index is 0.116. The minimum atomic E-state index is -0.685. The van der Waals surface area contributed by atoms with E-state index in [4.69, 9.17) is 11.6 Å². The van der Waals surface area contributed by atoms with E-state index in [0.717, 1.165) is 11.1 Å². The highest BCUT2D eigenvalue weighted by Crippen LogP contribution is 2.28. The molecule has 2 aromatic heterocycles. The molecular formula is C27H30ClFN6O3. The number of halogens is 2. The summed E-state index contributed by atoms with van der Waals surface area (Å²) >= 11 is 5.94. The van der Waals surface area contributed by atoms with Crippen LogP contribution in [0.3, 0.4) is 0 Å². The molecule has 200 valence electrons. The number of piperidine rings is 1. The number of hydrogen-bond donors (Lipinski definition) is 3. The Morgan fingerprint density at radius 2 is 2.00 bits per heavy atom. The molecule has 2 aromatic carbocycles. The average Bonchev–Trinajstić information content (AvgIpc) is 3.50. The number of aryl methyl sites for hydroxylation is 1. The van der Waals surface area contributed by atoms with Gasteiger partial charge in [0.15, 0.2) is 0 Å². The lowest BCUT2D eigenvalue weighted by molar-refractivity contribution is 0.0906. The van der Waals surface area contributed by atoms with Crippen LogP contribution in [0.1, 0.15) is 53.4 Å². The largest absolute Gasteiger partial charge is 0.387 e. The van der Waals surface area contributed by atoms with E-state index in [2.05, 4.69) is 20.3 Å². The normalized spacial score (nSPS) is 15.7. The van der Waals surface area contributed by atoms with Crippen LogP contribution in [0.4, 0.5) is 4.39 Å². The second-order valence-electron chi connectivity index (χ2n) is 9.64. The van der Waals surface area contributed by atoms with E-state index in [1.165, 1.54) is 12.1 Å². The van der Waals surface area contributed by atoms with Gasteiger partial charge in [-0.25, -0.2) is 9.18 Å². The molecule has 0 radical (unpaired) electrons. The Hall–Kier alpha value is -3.47. The lowest BCUT2D eigenvalue weighted by Crippen LogP contribution is -2.39. The summed E-state index contributed by atoms with van der Waals surface area (Å²) in [5, 5.41) is 18.1. The molecule has 1 aliphatic rings. The third kappa shape index (κ3) is 5.52. The van der Waals surface area contributed by atoms with Gasteiger partial charge in [-0.05, 0) is 43.5 Å². The van der Waals surface area contributed by atoms with Crippen LogP contribution in [-0.4, -0.2) is 54.9 Å². The van der Waals surface area contributed by atoms with E-state index in [9.17, 15) is 14.7 Å². The van der Waals surface area contributed by atoms with E-state index in [1.807, 2.05) is 25.3 Å². The van der Waals surface area contributed by atoms with Gasteiger partial charge >= 0.3 is 5.69 Å². The molecule has 1 fully saturated rings. The summed E-state index contributed by atoms with van der Waals surface area (Å²) in [4.78, 5) is 30.5. The molecule has 1 saturated heterocycles. The predicted molar refractivity (Wildman–Crippen MR) is 143 cm³/mol. The number of imidazole rings is 1. The van der Waals surface area contributed by atoms with Gasteiger partial charge in [-0.1, -0.05) is 23.7 Å². The number of carbonyl (C=O) groups excluding carboxylic acids is 1. The van der Waals surface area contributed by atoms with Gasteiger partial charge in [0.2, 0.25) is 0 Å². The standard InChI is InChI=1S/C27H30ClFN6O3/c1-2-34-15-17(14-31-34)13-30-26(37)21-11-23-24(12-22(21)29)35(27(38)32-23)20-7-9-33(10-8-20)16-25(36)18-3-5-19(28)6-4-18/h3-6,11-12,14-15,20,25,36H,2,7-10,13,16H2,1H3,(H,30,37)(H,32,38). The zero-order chi connectivity index (χ0) is 26.8. The molecule has 3 N–H and O–H groups in total.